The fourth-order valence-corrected chi connectivity index (χ4v) is 1.84. The molecule has 2 atom stereocenters. The van der Waals surface area contributed by atoms with Crippen molar-refractivity contribution in [1.82, 2.24) is 0 Å². The minimum Gasteiger partial charge on any atom is -0.379 e. The molecule has 0 radical (unpaired) electrons. The lowest BCUT2D eigenvalue weighted by atomic mass is 10.1. The number of hydrogen-bond acceptors (Lipinski definition) is 2. The van der Waals surface area contributed by atoms with E-state index in [-0.39, 0.29) is 11.9 Å². The van der Waals surface area contributed by atoms with Crippen molar-refractivity contribution < 1.29 is 9.13 Å². The molecule has 2 N–H and O–H groups in total. The topological polar surface area (TPSA) is 35.2 Å². The van der Waals surface area contributed by atoms with Crippen LogP contribution in [0.1, 0.15) is 38.3 Å². The Morgan fingerprint density at radius 2 is 2.00 bits per heavy atom. The van der Waals surface area contributed by atoms with Gasteiger partial charge in [-0.15, -0.1) is 0 Å². The summed E-state index contributed by atoms with van der Waals surface area (Å²) in [4.78, 5) is 0. The Labute approximate surface area is 103 Å². The Morgan fingerprint density at radius 1 is 1.29 bits per heavy atom. The van der Waals surface area contributed by atoms with Gasteiger partial charge in [0.1, 0.15) is 5.82 Å². The van der Waals surface area contributed by atoms with E-state index in [0.717, 1.165) is 12.8 Å². The van der Waals surface area contributed by atoms with E-state index in [1.807, 2.05) is 0 Å². The zero-order valence-electron chi connectivity index (χ0n) is 10.7. The molecule has 0 aliphatic carbocycles. The summed E-state index contributed by atoms with van der Waals surface area (Å²) >= 11 is 0. The van der Waals surface area contributed by atoms with E-state index in [1.54, 1.807) is 18.2 Å². The summed E-state index contributed by atoms with van der Waals surface area (Å²) in [6.07, 6.45) is 2.30. The molecule has 17 heavy (non-hydrogen) atoms. The Hall–Kier alpha value is -0.930. The summed E-state index contributed by atoms with van der Waals surface area (Å²) in [5.74, 6) is 0.276. The van der Waals surface area contributed by atoms with Crippen LogP contribution in [0, 0.1) is 11.7 Å². The zero-order chi connectivity index (χ0) is 12.7. The highest BCUT2D eigenvalue weighted by atomic mass is 19.1. The summed E-state index contributed by atoms with van der Waals surface area (Å²) < 4.78 is 18.9. The highest BCUT2D eigenvalue weighted by Crippen LogP contribution is 2.15. The monoisotopic (exact) mass is 239 g/mol. The molecule has 0 saturated carbocycles. The van der Waals surface area contributed by atoms with Crippen LogP contribution in [0.5, 0.6) is 0 Å². The van der Waals surface area contributed by atoms with Crippen molar-refractivity contribution in [2.75, 3.05) is 13.2 Å². The number of halogens is 1. The maximum atomic E-state index is 13.4. The predicted molar refractivity (Wildman–Crippen MR) is 68.2 cm³/mol. The molecule has 3 heteroatoms. The van der Waals surface area contributed by atoms with Crippen LogP contribution >= 0.6 is 0 Å². The van der Waals surface area contributed by atoms with Gasteiger partial charge in [0.25, 0.3) is 0 Å². The molecule has 0 aliphatic heterocycles. The van der Waals surface area contributed by atoms with Crippen molar-refractivity contribution in [3.8, 4) is 0 Å². The van der Waals surface area contributed by atoms with E-state index in [9.17, 15) is 4.39 Å². The molecule has 0 fully saturated rings. The molecule has 1 aromatic rings. The van der Waals surface area contributed by atoms with Gasteiger partial charge in [0, 0.05) is 12.2 Å². The van der Waals surface area contributed by atoms with Crippen LogP contribution in [0.15, 0.2) is 24.3 Å². The summed E-state index contributed by atoms with van der Waals surface area (Å²) in [6, 6.07) is 6.20. The standard InChI is InChI=1S/C14H22FNO/c1-3-6-11(2)9-17-10-14(16)12-7-4-5-8-13(12)15/h4-5,7-8,11,14H,3,6,9-10,16H2,1-2H3. The SMILES string of the molecule is CCCC(C)COCC(N)c1ccccc1F. The lowest BCUT2D eigenvalue weighted by molar-refractivity contribution is 0.0902. The van der Waals surface area contributed by atoms with Gasteiger partial charge >= 0.3 is 0 Å². The fraction of sp³-hybridized carbons (Fsp3) is 0.571. The number of rotatable bonds is 7. The van der Waals surface area contributed by atoms with Crippen molar-refractivity contribution >= 4 is 0 Å². The van der Waals surface area contributed by atoms with Crippen LogP contribution in [0.2, 0.25) is 0 Å². The van der Waals surface area contributed by atoms with Crippen molar-refractivity contribution in [1.29, 1.82) is 0 Å². The predicted octanol–water partition coefficient (Wildman–Crippen LogP) is 3.28. The van der Waals surface area contributed by atoms with Gasteiger partial charge in [-0.05, 0) is 18.4 Å². The lowest BCUT2D eigenvalue weighted by Crippen LogP contribution is -2.20. The van der Waals surface area contributed by atoms with Crippen molar-refractivity contribution in [2.45, 2.75) is 32.7 Å². The molecule has 0 saturated heterocycles. The van der Waals surface area contributed by atoms with Crippen LogP contribution in [-0.4, -0.2) is 13.2 Å². The van der Waals surface area contributed by atoms with Gasteiger partial charge in [-0.3, -0.25) is 0 Å². The molecule has 1 rings (SSSR count). The minimum absolute atomic E-state index is 0.259. The van der Waals surface area contributed by atoms with Crippen LogP contribution in [-0.2, 0) is 4.74 Å². The van der Waals surface area contributed by atoms with Gasteiger partial charge in [-0.25, -0.2) is 4.39 Å². The maximum Gasteiger partial charge on any atom is 0.128 e. The van der Waals surface area contributed by atoms with Gasteiger partial charge in [0.05, 0.1) is 12.6 Å². The Kier molecular flexibility index (Phi) is 6.16. The first-order valence-corrected chi connectivity index (χ1v) is 6.22. The Balaban J connectivity index is 2.35. The maximum absolute atomic E-state index is 13.4. The van der Waals surface area contributed by atoms with Gasteiger partial charge < -0.3 is 10.5 Å². The molecule has 0 aromatic heterocycles. The number of benzene rings is 1. The van der Waals surface area contributed by atoms with Gasteiger partial charge in [-0.1, -0.05) is 38.5 Å². The first kappa shape index (κ1) is 14.1. The smallest absolute Gasteiger partial charge is 0.128 e. The largest absolute Gasteiger partial charge is 0.379 e. The second-order valence-corrected chi connectivity index (χ2v) is 4.56. The van der Waals surface area contributed by atoms with Gasteiger partial charge in [-0.2, -0.15) is 0 Å². The molecule has 96 valence electrons. The highest BCUT2D eigenvalue weighted by Gasteiger charge is 2.11. The average molecular weight is 239 g/mol. The molecule has 0 heterocycles. The van der Waals surface area contributed by atoms with Crippen molar-refractivity contribution in [2.24, 2.45) is 11.7 Å². The molecule has 0 bridgehead atoms. The zero-order valence-corrected chi connectivity index (χ0v) is 10.7. The third-order valence-electron chi connectivity index (χ3n) is 2.79. The highest BCUT2D eigenvalue weighted by molar-refractivity contribution is 5.20. The second-order valence-electron chi connectivity index (χ2n) is 4.56. The first-order valence-electron chi connectivity index (χ1n) is 6.22. The molecule has 0 aliphatic rings. The lowest BCUT2D eigenvalue weighted by Gasteiger charge is -2.15. The average Bonchev–Trinajstić information content (AvgIpc) is 2.29. The molecular weight excluding hydrogens is 217 g/mol. The van der Waals surface area contributed by atoms with E-state index in [4.69, 9.17) is 10.5 Å². The van der Waals surface area contributed by atoms with Gasteiger partial charge in [0.15, 0.2) is 0 Å². The molecule has 0 amide bonds. The summed E-state index contributed by atoms with van der Waals surface area (Å²) in [6.45, 7) is 5.37. The van der Waals surface area contributed by atoms with Gasteiger partial charge in [0.2, 0.25) is 0 Å². The second kappa shape index (κ2) is 7.41. The Bertz CT molecular complexity index is 330. The fourth-order valence-electron chi connectivity index (χ4n) is 1.84. The quantitative estimate of drug-likeness (QED) is 0.792. The van der Waals surface area contributed by atoms with Crippen molar-refractivity contribution in [3.05, 3.63) is 35.6 Å². The summed E-state index contributed by atoms with van der Waals surface area (Å²) in [5.41, 5.74) is 6.41. The van der Waals surface area contributed by atoms with Crippen LogP contribution in [0.4, 0.5) is 4.39 Å². The third-order valence-corrected chi connectivity index (χ3v) is 2.79. The van der Waals surface area contributed by atoms with E-state index >= 15 is 0 Å². The minimum atomic E-state index is -0.384. The van der Waals surface area contributed by atoms with Crippen LogP contribution < -0.4 is 5.73 Å². The normalized spacial score (nSPS) is 14.6. The van der Waals surface area contributed by atoms with Crippen LogP contribution in [0.3, 0.4) is 0 Å². The van der Waals surface area contributed by atoms with E-state index in [0.29, 0.717) is 24.7 Å². The molecule has 2 unspecified atom stereocenters. The third kappa shape index (κ3) is 4.84. The molecular formula is C14H22FNO. The van der Waals surface area contributed by atoms with E-state index in [1.165, 1.54) is 6.07 Å². The number of ether oxygens (including phenoxy) is 1. The van der Waals surface area contributed by atoms with Crippen molar-refractivity contribution in [3.63, 3.8) is 0 Å². The molecule has 0 spiro atoms. The van der Waals surface area contributed by atoms with E-state index in [2.05, 4.69) is 13.8 Å². The molecule has 1 aromatic carbocycles. The Morgan fingerprint density at radius 3 is 2.65 bits per heavy atom. The number of hydrogen-bond donors (Lipinski definition) is 1. The number of nitrogens with two attached hydrogens (primary N) is 1. The summed E-state index contributed by atoms with van der Waals surface area (Å²) in [7, 11) is 0. The van der Waals surface area contributed by atoms with E-state index < -0.39 is 0 Å². The summed E-state index contributed by atoms with van der Waals surface area (Å²) in [5, 5.41) is 0. The molecule has 2 nitrogen and oxygen atoms in total. The first-order chi connectivity index (χ1) is 8.15. The van der Waals surface area contributed by atoms with Crippen LogP contribution in [0.25, 0.3) is 0 Å².